The molecule has 3 aliphatic heterocycles. The van der Waals surface area contributed by atoms with Crippen molar-refractivity contribution < 1.29 is 29.0 Å². The van der Waals surface area contributed by atoms with Gasteiger partial charge in [0.05, 0.1) is 11.5 Å². The quantitative estimate of drug-likeness (QED) is 0.273. The average molecular weight is 489 g/mol. The Balaban J connectivity index is 1.71. The lowest BCUT2D eigenvalue weighted by Crippen LogP contribution is -2.58. The molecule has 35 heavy (non-hydrogen) atoms. The van der Waals surface area contributed by atoms with Crippen molar-refractivity contribution >= 4 is 17.8 Å². The van der Waals surface area contributed by atoms with E-state index in [1.54, 1.807) is 11.0 Å². The molecule has 4 fully saturated rings. The van der Waals surface area contributed by atoms with Gasteiger partial charge in [-0.05, 0) is 45.4 Å². The van der Waals surface area contributed by atoms with Gasteiger partial charge in [-0.3, -0.25) is 14.4 Å². The Labute approximate surface area is 208 Å². The van der Waals surface area contributed by atoms with Crippen molar-refractivity contribution in [1.29, 1.82) is 0 Å². The first-order valence-corrected chi connectivity index (χ1v) is 13.1. The van der Waals surface area contributed by atoms with Gasteiger partial charge in [0, 0.05) is 25.7 Å². The lowest BCUT2D eigenvalue weighted by molar-refractivity contribution is -0.160. The summed E-state index contributed by atoms with van der Waals surface area (Å²) < 4.78 is 12.0. The number of hydrogen-bond acceptors (Lipinski definition) is 6. The van der Waals surface area contributed by atoms with Crippen molar-refractivity contribution in [1.82, 2.24) is 9.80 Å². The summed E-state index contributed by atoms with van der Waals surface area (Å²) in [6, 6.07) is -0.679. The van der Waals surface area contributed by atoms with Gasteiger partial charge in [-0.15, -0.1) is 6.58 Å². The molecule has 0 aromatic heterocycles. The number of aliphatic hydroxyl groups excluding tert-OH is 1. The van der Waals surface area contributed by atoms with Crippen molar-refractivity contribution in [2.24, 2.45) is 11.8 Å². The van der Waals surface area contributed by atoms with Crippen LogP contribution in [0.4, 0.5) is 0 Å². The van der Waals surface area contributed by atoms with Gasteiger partial charge in [0.2, 0.25) is 11.8 Å². The lowest BCUT2D eigenvalue weighted by atomic mass is 9.66. The maximum Gasteiger partial charge on any atom is 0.313 e. The molecule has 2 amide bonds. The van der Waals surface area contributed by atoms with Crippen LogP contribution in [0.2, 0.25) is 0 Å². The smallest absolute Gasteiger partial charge is 0.313 e. The number of likely N-dealkylation sites (tertiary alicyclic amines) is 1. The van der Waals surface area contributed by atoms with Gasteiger partial charge in [0.15, 0.2) is 0 Å². The number of ether oxygens (including phenoxy) is 2. The molecule has 0 aromatic carbocycles. The minimum absolute atomic E-state index is 0.0188. The molecule has 5 atom stereocenters. The molecular weight excluding hydrogens is 448 g/mol. The molecule has 2 bridgehead atoms. The second-order valence-electron chi connectivity index (χ2n) is 10.7. The van der Waals surface area contributed by atoms with Crippen LogP contribution in [0.25, 0.3) is 0 Å². The fourth-order valence-electron chi connectivity index (χ4n) is 7.04. The molecule has 0 radical (unpaired) electrons. The summed E-state index contributed by atoms with van der Waals surface area (Å²) in [6.07, 6.45) is 10.7. The number of rotatable bonds is 11. The van der Waals surface area contributed by atoms with Crippen LogP contribution in [0.3, 0.4) is 0 Å². The zero-order chi connectivity index (χ0) is 25.2. The van der Waals surface area contributed by atoms with Crippen molar-refractivity contribution in [2.45, 2.75) is 88.0 Å². The highest BCUT2D eigenvalue weighted by Gasteiger charge is 2.78. The largest absolute Gasteiger partial charge is 0.461 e. The molecule has 1 N–H and O–H groups in total. The predicted molar refractivity (Wildman–Crippen MR) is 130 cm³/mol. The number of carbonyl (C=O) groups excluding carboxylic acids is 3. The molecule has 3 saturated heterocycles. The summed E-state index contributed by atoms with van der Waals surface area (Å²) in [7, 11) is 0. The summed E-state index contributed by atoms with van der Waals surface area (Å²) in [4.78, 5) is 44.9. The Hall–Kier alpha value is -2.19. The summed E-state index contributed by atoms with van der Waals surface area (Å²) >= 11 is 0. The Kier molecular flexibility index (Phi) is 7.71. The first kappa shape index (κ1) is 25.9. The van der Waals surface area contributed by atoms with E-state index in [0.717, 1.165) is 25.7 Å². The van der Waals surface area contributed by atoms with E-state index in [1.165, 1.54) is 12.5 Å². The van der Waals surface area contributed by atoms with Crippen molar-refractivity contribution in [3.05, 3.63) is 25.3 Å². The number of amides is 2. The maximum absolute atomic E-state index is 14.3. The first-order chi connectivity index (χ1) is 16.8. The van der Waals surface area contributed by atoms with Crippen LogP contribution in [0.15, 0.2) is 25.3 Å². The molecule has 3 heterocycles. The number of nitrogens with zero attached hydrogens (tertiary/aromatic N) is 2. The van der Waals surface area contributed by atoms with E-state index >= 15 is 0 Å². The zero-order valence-corrected chi connectivity index (χ0v) is 21.0. The van der Waals surface area contributed by atoms with Gasteiger partial charge in [0.1, 0.15) is 24.2 Å². The first-order valence-electron chi connectivity index (χ1n) is 13.1. The highest BCUT2D eigenvalue weighted by Crippen LogP contribution is 2.63. The van der Waals surface area contributed by atoms with E-state index in [-0.39, 0.29) is 31.1 Å². The summed E-state index contributed by atoms with van der Waals surface area (Å²) in [5.41, 5.74) is -1.89. The van der Waals surface area contributed by atoms with Crippen LogP contribution in [0, 0.1) is 11.8 Å². The average Bonchev–Trinajstić information content (AvgIpc) is 3.42. The Morgan fingerprint density at radius 3 is 2.60 bits per heavy atom. The SMILES string of the molecule is C=CCOC(=O)[C@@H]1[C@H]2C(=O)N(CCCCO)C(C(=O)N(CC=C)C3CCCCC3)C23CC[C@@]1(C)O3. The van der Waals surface area contributed by atoms with Crippen molar-refractivity contribution in [2.75, 3.05) is 26.3 Å². The molecule has 1 saturated carbocycles. The third kappa shape index (κ3) is 4.33. The third-order valence-corrected chi connectivity index (χ3v) is 8.54. The molecule has 0 aromatic rings. The van der Waals surface area contributed by atoms with E-state index < -0.39 is 35.0 Å². The Morgan fingerprint density at radius 2 is 1.94 bits per heavy atom. The Bertz CT molecular complexity index is 855. The minimum Gasteiger partial charge on any atom is -0.461 e. The van der Waals surface area contributed by atoms with Gasteiger partial charge < -0.3 is 24.4 Å². The standard InChI is InChI=1S/C27H40N2O6/c1-4-15-28(19-11-7-6-8-12-19)24(32)22-27-14-13-26(3,35-27)21(25(33)34-18-5-2)20(27)23(31)29(22)16-9-10-17-30/h4-5,19-22,30H,1-2,6-18H2,3H3/t20-,21-,22?,26+,27?/m0/s1. The molecular formula is C27H40N2O6. The normalized spacial score (nSPS) is 34.1. The summed E-state index contributed by atoms with van der Waals surface area (Å²) in [5.74, 6) is -2.30. The molecule has 194 valence electrons. The van der Waals surface area contributed by atoms with Crippen LogP contribution in [-0.4, -0.2) is 82.3 Å². The molecule has 2 unspecified atom stereocenters. The fourth-order valence-corrected chi connectivity index (χ4v) is 7.04. The van der Waals surface area contributed by atoms with E-state index in [9.17, 15) is 19.5 Å². The van der Waals surface area contributed by atoms with Crippen LogP contribution in [-0.2, 0) is 23.9 Å². The van der Waals surface area contributed by atoms with Gasteiger partial charge >= 0.3 is 5.97 Å². The summed E-state index contributed by atoms with van der Waals surface area (Å²) in [5, 5.41) is 9.32. The highest BCUT2D eigenvalue weighted by molar-refractivity contribution is 5.98. The number of aliphatic hydroxyl groups is 1. The number of unbranched alkanes of at least 4 members (excludes halogenated alkanes) is 1. The minimum atomic E-state index is -1.05. The molecule has 8 heteroatoms. The topological polar surface area (TPSA) is 96.4 Å². The van der Waals surface area contributed by atoms with Crippen LogP contribution in [0.5, 0.6) is 0 Å². The zero-order valence-electron chi connectivity index (χ0n) is 21.0. The van der Waals surface area contributed by atoms with E-state index in [0.29, 0.717) is 38.8 Å². The lowest BCUT2D eigenvalue weighted by Gasteiger charge is -2.40. The van der Waals surface area contributed by atoms with Crippen molar-refractivity contribution in [3.63, 3.8) is 0 Å². The third-order valence-electron chi connectivity index (χ3n) is 8.54. The van der Waals surface area contributed by atoms with Gasteiger partial charge in [-0.1, -0.05) is 38.0 Å². The molecule has 8 nitrogen and oxygen atoms in total. The number of esters is 1. The van der Waals surface area contributed by atoms with Gasteiger partial charge in [-0.2, -0.15) is 0 Å². The summed E-state index contributed by atoms with van der Waals surface area (Å²) in [6.45, 7) is 10.2. The van der Waals surface area contributed by atoms with Crippen LogP contribution in [0.1, 0.15) is 64.7 Å². The Morgan fingerprint density at radius 1 is 1.20 bits per heavy atom. The van der Waals surface area contributed by atoms with Gasteiger partial charge in [-0.25, -0.2) is 0 Å². The molecule has 1 spiro atoms. The van der Waals surface area contributed by atoms with E-state index in [4.69, 9.17) is 9.47 Å². The highest BCUT2D eigenvalue weighted by atomic mass is 16.6. The number of hydrogen-bond donors (Lipinski definition) is 1. The predicted octanol–water partition coefficient (Wildman–Crippen LogP) is 2.60. The number of carbonyl (C=O) groups is 3. The monoisotopic (exact) mass is 488 g/mol. The second-order valence-corrected chi connectivity index (χ2v) is 10.7. The van der Waals surface area contributed by atoms with Crippen LogP contribution >= 0.6 is 0 Å². The molecule has 4 rings (SSSR count). The van der Waals surface area contributed by atoms with E-state index in [2.05, 4.69) is 13.2 Å². The van der Waals surface area contributed by atoms with Crippen LogP contribution < -0.4 is 0 Å². The molecule has 4 aliphatic rings. The fraction of sp³-hybridized carbons (Fsp3) is 0.741. The van der Waals surface area contributed by atoms with Gasteiger partial charge in [0.25, 0.3) is 0 Å². The second kappa shape index (κ2) is 10.4. The van der Waals surface area contributed by atoms with Crippen molar-refractivity contribution in [3.8, 4) is 0 Å². The number of fused-ring (bicyclic) bond motifs is 1. The maximum atomic E-state index is 14.3. The van der Waals surface area contributed by atoms with E-state index in [1.807, 2.05) is 11.8 Å². The molecule has 1 aliphatic carbocycles.